The summed E-state index contributed by atoms with van der Waals surface area (Å²) >= 11 is 0. The van der Waals surface area contributed by atoms with E-state index in [-0.39, 0.29) is 30.6 Å². The third kappa shape index (κ3) is 5.12. The second-order valence-corrected chi connectivity index (χ2v) is 8.69. The Bertz CT molecular complexity index is 937. The molecule has 0 radical (unpaired) electrons. The van der Waals surface area contributed by atoms with Gasteiger partial charge in [0, 0.05) is 12.1 Å². The van der Waals surface area contributed by atoms with Crippen molar-refractivity contribution in [3.63, 3.8) is 0 Å². The predicted octanol–water partition coefficient (Wildman–Crippen LogP) is 3.42. The molecule has 160 valence electrons. The molecule has 2 N–H and O–H groups in total. The van der Waals surface area contributed by atoms with Crippen molar-refractivity contribution in [2.24, 2.45) is 0 Å². The lowest BCUT2D eigenvalue weighted by atomic mass is 9.83. The molecule has 0 aliphatic carbocycles. The standard InChI is InChI=1S/C24H30N2O4/c1-15-10-18(24(3,4)5)11-16(2)19(15)8-9-25-22(27)13-26-23(28)17-6-7-20-21(12-17)30-14-29-20/h6-7,10-12H,8-9,13-14H2,1-5H3,(H,25,27)(H,26,28). The average Bonchev–Trinajstić information content (AvgIpc) is 3.15. The van der Waals surface area contributed by atoms with Gasteiger partial charge in [-0.15, -0.1) is 0 Å². The number of carbonyl (C=O) groups is 2. The van der Waals surface area contributed by atoms with Crippen molar-refractivity contribution in [3.8, 4) is 11.5 Å². The van der Waals surface area contributed by atoms with Gasteiger partial charge in [-0.2, -0.15) is 0 Å². The number of fused-ring (bicyclic) bond motifs is 1. The molecule has 0 fully saturated rings. The third-order valence-corrected chi connectivity index (χ3v) is 5.30. The van der Waals surface area contributed by atoms with Crippen molar-refractivity contribution >= 4 is 11.8 Å². The Labute approximate surface area is 178 Å². The monoisotopic (exact) mass is 410 g/mol. The van der Waals surface area contributed by atoms with Crippen molar-refractivity contribution in [3.05, 3.63) is 58.1 Å². The minimum atomic E-state index is -0.326. The Morgan fingerprint density at radius 3 is 2.30 bits per heavy atom. The lowest BCUT2D eigenvalue weighted by Crippen LogP contribution is -2.37. The first-order chi connectivity index (χ1) is 14.1. The fourth-order valence-electron chi connectivity index (χ4n) is 3.51. The molecule has 0 spiro atoms. The SMILES string of the molecule is Cc1cc(C(C)(C)C)cc(C)c1CCNC(=O)CNC(=O)c1ccc2c(c1)OCO2. The number of hydrogen-bond donors (Lipinski definition) is 2. The van der Waals surface area contributed by atoms with Crippen LogP contribution in [0.5, 0.6) is 11.5 Å². The Kier molecular flexibility index (Phi) is 6.34. The molecular weight excluding hydrogens is 380 g/mol. The highest BCUT2D eigenvalue weighted by molar-refractivity contribution is 5.97. The van der Waals surface area contributed by atoms with Crippen LogP contribution in [0.4, 0.5) is 0 Å². The van der Waals surface area contributed by atoms with E-state index in [9.17, 15) is 9.59 Å². The van der Waals surface area contributed by atoms with E-state index in [2.05, 4.69) is 57.4 Å². The number of rotatable bonds is 6. The van der Waals surface area contributed by atoms with Crippen LogP contribution in [0.3, 0.4) is 0 Å². The molecule has 1 heterocycles. The Morgan fingerprint density at radius 2 is 1.63 bits per heavy atom. The molecule has 0 saturated carbocycles. The maximum atomic E-state index is 12.3. The molecule has 1 aliphatic heterocycles. The van der Waals surface area contributed by atoms with Crippen molar-refractivity contribution < 1.29 is 19.1 Å². The molecule has 0 unspecified atom stereocenters. The van der Waals surface area contributed by atoms with Crippen LogP contribution in [0.1, 0.15) is 53.4 Å². The molecule has 0 saturated heterocycles. The molecular formula is C24H30N2O4. The van der Waals surface area contributed by atoms with Gasteiger partial charge >= 0.3 is 0 Å². The van der Waals surface area contributed by atoms with E-state index in [1.54, 1.807) is 18.2 Å². The van der Waals surface area contributed by atoms with Gasteiger partial charge in [0.05, 0.1) is 6.54 Å². The molecule has 30 heavy (non-hydrogen) atoms. The van der Waals surface area contributed by atoms with Gasteiger partial charge in [0.15, 0.2) is 11.5 Å². The van der Waals surface area contributed by atoms with Gasteiger partial charge in [0.1, 0.15) is 0 Å². The number of benzene rings is 2. The van der Waals surface area contributed by atoms with Crippen LogP contribution in [0.15, 0.2) is 30.3 Å². The van der Waals surface area contributed by atoms with Gasteiger partial charge in [-0.25, -0.2) is 0 Å². The second kappa shape index (κ2) is 8.78. The van der Waals surface area contributed by atoms with Crippen molar-refractivity contribution in [1.82, 2.24) is 10.6 Å². The molecule has 0 atom stereocenters. The first-order valence-electron chi connectivity index (χ1n) is 10.2. The fraction of sp³-hybridized carbons (Fsp3) is 0.417. The quantitative estimate of drug-likeness (QED) is 0.765. The molecule has 2 aromatic rings. The number of amides is 2. The van der Waals surface area contributed by atoms with Crippen molar-refractivity contribution in [2.45, 2.75) is 46.5 Å². The van der Waals surface area contributed by atoms with Crippen LogP contribution in [-0.4, -0.2) is 31.7 Å². The first-order valence-corrected chi connectivity index (χ1v) is 10.2. The van der Waals surface area contributed by atoms with Crippen molar-refractivity contribution in [1.29, 1.82) is 0 Å². The highest BCUT2D eigenvalue weighted by atomic mass is 16.7. The molecule has 6 heteroatoms. The van der Waals surface area contributed by atoms with Crippen LogP contribution in [0.25, 0.3) is 0 Å². The van der Waals surface area contributed by atoms with Gasteiger partial charge < -0.3 is 20.1 Å². The largest absolute Gasteiger partial charge is 0.454 e. The van der Waals surface area contributed by atoms with E-state index < -0.39 is 0 Å². The average molecular weight is 411 g/mol. The zero-order valence-electron chi connectivity index (χ0n) is 18.3. The summed E-state index contributed by atoms with van der Waals surface area (Å²) in [5.41, 5.74) is 5.59. The molecule has 2 amide bonds. The van der Waals surface area contributed by atoms with Gasteiger partial charge in [-0.3, -0.25) is 9.59 Å². The summed E-state index contributed by atoms with van der Waals surface area (Å²) in [7, 11) is 0. The Balaban J connectivity index is 1.48. The number of ether oxygens (including phenoxy) is 2. The van der Waals surface area contributed by atoms with E-state index in [1.807, 2.05) is 0 Å². The lowest BCUT2D eigenvalue weighted by molar-refractivity contribution is -0.120. The first kappa shape index (κ1) is 21.7. The zero-order chi connectivity index (χ0) is 21.9. The van der Waals surface area contributed by atoms with E-state index in [1.165, 1.54) is 22.3 Å². The van der Waals surface area contributed by atoms with Crippen LogP contribution in [0.2, 0.25) is 0 Å². The minimum absolute atomic E-state index is 0.0752. The summed E-state index contributed by atoms with van der Waals surface area (Å²) in [6.07, 6.45) is 0.754. The van der Waals surface area contributed by atoms with E-state index in [4.69, 9.17) is 9.47 Å². The summed E-state index contributed by atoms with van der Waals surface area (Å²) in [6.45, 7) is 11.5. The molecule has 3 rings (SSSR count). The van der Waals surface area contributed by atoms with E-state index >= 15 is 0 Å². The molecule has 0 bridgehead atoms. The van der Waals surface area contributed by atoms with Crippen LogP contribution in [0, 0.1) is 13.8 Å². The second-order valence-electron chi connectivity index (χ2n) is 8.69. The van der Waals surface area contributed by atoms with Gasteiger partial charge in [0.2, 0.25) is 12.7 Å². The van der Waals surface area contributed by atoms with Gasteiger partial charge in [-0.05, 0) is 66.1 Å². The molecule has 6 nitrogen and oxygen atoms in total. The van der Waals surface area contributed by atoms with Gasteiger partial charge in [0.25, 0.3) is 5.91 Å². The Hall–Kier alpha value is -3.02. The lowest BCUT2D eigenvalue weighted by Gasteiger charge is -2.22. The number of nitrogens with one attached hydrogen (secondary N) is 2. The topological polar surface area (TPSA) is 76.7 Å². The zero-order valence-corrected chi connectivity index (χ0v) is 18.3. The summed E-state index contributed by atoms with van der Waals surface area (Å²) in [6, 6.07) is 9.41. The maximum Gasteiger partial charge on any atom is 0.251 e. The maximum absolute atomic E-state index is 12.3. The van der Waals surface area contributed by atoms with Gasteiger partial charge in [-0.1, -0.05) is 32.9 Å². The summed E-state index contributed by atoms with van der Waals surface area (Å²) < 4.78 is 10.5. The Morgan fingerprint density at radius 1 is 0.967 bits per heavy atom. The highest BCUT2D eigenvalue weighted by Crippen LogP contribution is 2.32. The smallest absolute Gasteiger partial charge is 0.251 e. The third-order valence-electron chi connectivity index (χ3n) is 5.30. The van der Waals surface area contributed by atoms with E-state index in [0.29, 0.717) is 23.6 Å². The summed E-state index contributed by atoms with van der Waals surface area (Å²) in [5, 5.41) is 5.52. The predicted molar refractivity (Wildman–Crippen MR) is 116 cm³/mol. The van der Waals surface area contributed by atoms with Crippen molar-refractivity contribution in [2.75, 3.05) is 19.9 Å². The normalized spacial score (nSPS) is 12.6. The van der Waals surface area contributed by atoms with Crippen LogP contribution < -0.4 is 20.1 Å². The summed E-state index contributed by atoms with van der Waals surface area (Å²) in [5.74, 6) is 0.611. The fourth-order valence-corrected chi connectivity index (χ4v) is 3.51. The number of hydrogen-bond acceptors (Lipinski definition) is 4. The number of aryl methyl sites for hydroxylation is 2. The number of carbonyl (C=O) groups excluding carboxylic acids is 2. The van der Waals surface area contributed by atoms with Crippen LogP contribution >= 0.6 is 0 Å². The molecule has 1 aliphatic rings. The highest BCUT2D eigenvalue weighted by Gasteiger charge is 2.18. The molecule has 0 aromatic heterocycles. The van der Waals surface area contributed by atoms with E-state index in [0.717, 1.165) is 6.42 Å². The molecule has 2 aromatic carbocycles. The van der Waals surface area contributed by atoms with Crippen LogP contribution in [-0.2, 0) is 16.6 Å². The summed E-state index contributed by atoms with van der Waals surface area (Å²) in [4.78, 5) is 24.4. The minimum Gasteiger partial charge on any atom is -0.454 e.